The van der Waals surface area contributed by atoms with Crippen LogP contribution in [-0.4, -0.2) is 25.5 Å². The Kier molecular flexibility index (Phi) is 6.23. The lowest BCUT2D eigenvalue weighted by Crippen LogP contribution is -2.15. The molecule has 1 N–H and O–H groups in total. The van der Waals surface area contributed by atoms with E-state index in [1.165, 1.54) is 15.4 Å². The van der Waals surface area contributed by atoms with Crippen LogP contribution in [0.5, 0.6) is 5.75 Å². The molecule has 0 aliphatic carbocycles. The van der Waals surface area contributed by atoms with Crippen LogP contribution in [0.25, 0.3) is 0 Å². The molecule has 2 aromatic heterocycles. The van der Waals surface area contributed by atoms with Crippen LogP contribution in [-0.2, 0) is 13.3 Å². The summed E-state index contributed by atoms with van der Waals surface area (Å²) in [4.78, 5) is 12.5. The van der Waals surface area contributed by atoms with Gasteiger partial charge >= 0.3 is 0 Å². The molecule has 1 amide bonds. The first-order valence-corrected chi connectivity index (χ1v) is 10.3. The second-order valence-corrected chi connectivity index (χ2v) is 7.80. The number of rotatable bonds is 7. The van der Waals surface area contributed by atoms with Gasteiger partial charge in [0.2, 0.25) is 0 Å². The standard InChI is InChI=1S/C23H21ClFN5O2/c1-15-10-16(2)12-17(11-15)32-14-30-8-6-21(27-30)23(31)26-22-7-9-29(28-22)13-18-19(24)4-3-5-20(18)25/h3-12H,13-14H2,1-2H3,(H,26,28,31). The average Bonchev–Trinajstić information content (AvgIpc) is 3.38. The highest BCUT2D eigenvalue weighted by molar-refractivity contribution is 6.31. The monoisotopic (exact) mass is 453 g/mol. The van der Waals surface area contributed by atoms with Crippen LogP contribution < -0.4 is 10.1 Å². The van der Waals surface area contributed by atoms with Gasteiger partial charge in [-0.2, -0.15) is 10.2 Å². The van der Waals surface area contributed by atoms with Gasteiger partial charge in [0.05, 0.1) is 6.54 Å². The molecule has 0 bridgehead atoms. The quantitative estimate of drug-likeness (QED) is 0.435. The number of benzene rings is 2. The molecule has 0 aliphatic rings. The summed E-state index contributed by atoms with van der Waals surface area (Å²) >= 11 is 6.06. The molecule has 4 aromatic rings. The lowest BCUT2D eigenvalue weighted by molar-refractivity contribution is 0.101. The molecule has 164 valence electrons. The number of anilines is 1. The van der Waals surface area contributed by atoms with Crippen LogP contribution in [0.4, 0.5) is 10.2 Å². The Morgan fingerprint density at radius 2 is 1.81 bits per heavy atom. The lowest BCUT2D eigenvalue weighted by atomic mass is 10.1. The van der Waals surface area contributed by atoms with Crippen LogP contribution >= 0.6 is 11.6 Å². The minimum absolute atomic E-state index is 0.145. The highest BCUT2D eigenvalue weighted by Crippen LogP contribution is 2.20. The number of ether oxygens (including phenoxy) is 1. The predicted octanol–water partition coefficient (Wildman–Crippen LogP) is 4.83. The van der Waals surface area contributed by atoms with Crippen LogP contribution in [0, 0.1) is 19.7 Å². The maximum atomic E-state index is 14.0. The largest absolute Gasteiger partial charge is 0.471 e. The number of nitrogens with zero attached hydrogens (tertiary/aromatic N) is 4. The Balaban J connectivity index is 1.36. The van der Waals surface area contributed by atoms with E-state index >= 15 is 0 Å². The minimum atomic E-state index is -0.413. The SMILES string of the molecule is Cc1cc(C)cc(OCn2ccc(C(=O)Nc3ccn(Cc4c(F)cccc4Cl)n3)n2)c1. The van der Waals surface area contributed by atoms with E-state index in [-0.39, 0.29) is 19.0 Å². The summed E-state index contributed by atoms with van der Waals surface area (Å²) in [5.41, 5.74) is 2.77. The van der Waals surface area contributed by atoms with Gasteiger partial charge in [-0.15, -0.1) is 0 Å². The zero-order chi connectivity index (χ0) is 22.7. The molecular weight excluding hydrogens is 433 g/mol. The Bertz CT molecular complexity index is 1230. The molecule has 7 nitrogen and oxygen atoms in total. The van der Waals surface area contributed by atoms with Crippen LogP contribution in [0.2, 0.25) is 5.02 Å². The van der Waals surface area contributed by atoms with E-state index in [9.17, 15) is 9.18 Å². The molecular formula is C23H21ClFN5O2. The van der Waals surface area contributed by atoms with Crippen molar-refractivity contribution < 1.29 is 13.9 Å². The normalized spacial score (nSPS) is 10.9. The van der Waals surface area contributed by atoms with Crippen molar-refractivity contribution in [3.05, 3.63) is 94.1 Å². The molecule has 0 radical (unpaired) electrons. The van der Waals surface area contributed by atoms with E-state index in [0.29, 0.717) is 16.4 Å². The summed E-state index contributed by atoms with van der Waals surface area (Å²) in [6, 6.07) is 13.7. The molecule has 9 heteroatoms. The lowest BCUT2D eigenvalue weighted by Gasteiger charge is -2.08. The first kappa shape index (κ1) is 21.6. The maximum absolute atomic E-state index is 14.0. The number of halogens is 2. The Morgan fingerprint density at radius 1 is 1.06 bits per heavy atom. The molecule has 32 heavy (non-hydrogen) atoms. The number of carbonyl (C=O) groups is 1. The average molecular weight is 454 g/mol. The van der Waals surface area contributed by atoms with Gasteiger partial charge in [0.25, 0.3) is 5.91 Å². The Hall–Kier alpha value is -3.65. The highest BCUT2D eigenvalue weighted by Gasteiger charge is 2.13. The van der Waals surface area contributed by atoms with Gasteiger partial charge in [-0.3, -0.25) is 9.48 Å². The Morgan fingerprint density at radius 3 is 2.56 bits per heavy atom. The molecule has 0 atom stereocenters. The smallest absolute Gasteiger partial charge is 0.277 e. The van der Waals surface area contributed by atoms with Crippen molar-refractivity contribution in [1.29, 1.82) is 0 Å². The van der Waals surface area contributed by atoms with Gasteiger partial charge in [-0.1, -0.05) is 23.7 Å². The van der Waals surface area contributed by atoms with Gasteiger partial charge in [0.15, 0.2) is 18.2 Å². The van der Waals surface area contributed by atoms with E-state index in [2.05, 4.69) is 21.6 Å². The van der Waals surface area contributed by atoms with Gasteiger partial charge in [-0.25, -0.2) is 9.07 Å². The van der Waals surface area contributed by atoms with Gasteiger partial charge in [0.1, 0.15) is 11.6 Å². The highest BCUT2D eigenvalue weighted by atomic mass is 35.5. The summed E-state index contributed by atoms with van der Waals surface area (Å²) in [7, 11) is 0. The summed E-state index contributed by atoms with van der Waals surface area (Å²) in [6.07, 6.45) is 3.30. The summed E-state index contributed by atoms with van der Waals surface area (Å²) < 4.78 is 22.8. The topological polar surface area (TPSA) is 74.0 Å². The second-order valence-electron chi connectivity index (χ2n) is 7.39. The van der Waals surface area contributed by atoms with E-state index in [4.69, 9.17) is 16.3 Å². The van der Waals surface area contributed by atoms with Crippen molar-refractivity contribution in [2.24, 2.45) is 0 Å². The number of aryl methyl sites for hydroxylation is 2. The summed E-state index contributed by atoms with van der Waals surface area (Å²) in [5, 5.41) is 11.5. The number of nitrogens with one attached hydrogen (secondary N) is 1. The van der Waals surface area contributed by atoms with Crippen LogP contribution in [0.3, 0.4) is 0 Å². The summed E-state index contributed by atoms with van der Waals surface area (Å²) in [6.45, 7) is 4.32. The van der Waals surface area contributed by atoms with Crippen molar-refractivity contribution >= 4 is 23.3 Å². The zero-order valence-corrected chi connectivity index (χ0v) is 18.3. The molecule has 0 spiro atoms. The fourth-order valence-corrected chi connectivity index (χ4v) is 3.48. The maximum Gasteiger partial charge on any atom is 0.277 e. The third-order valence-corrected chi connectivity index (χ3v) is 5.05. The minimum Gasteiger partial charge on any atom is -0.471 e. The fourth-order valence-electron chi connectivity index (χ4n) is 3.25. The molecule has 0 fully saturated rings. The van der Waals surface area contributed by atoms with Gasteiger partial charge < -0.3 is 10.1 Å². The molecule has 4 rings (SSSR count). The summed E-state index contributed by atoms with van der Waals surface area (Å²) in [5.74, 6) is 0.240. The second kappa shape index (κ2) is 9.23. The number of hydrogen-bond acceptors (Lipinski definition) is 4. The third kappa shape index (κ3) is 5.15. The van der Waals surface area contributed by atoms with E-state index in [0.717, 1.165) is 16.9 Å². The van der Waals surface area contributed by atoms with E-state index < -0.39 is 11.7 Å². The number of aromatic nitrogens is 4. The van der Waals surface area contributed by atoms with E-state index in [1.807, 2.05) is 26.0 Å². The zero-order valence-electron chi connectivity index (χ0n) is 17.5. The third-order valence-electron chi connectivity index (χ3n) is 4.70. The van der Waals surface area contributed by atoms with Crippen LogP contribution in [0.1, 0.15) is 27.2 Å². The molecule has 2 heterocycles. The fraction of sp³-hybridized carbons (Fsp3) is 0.174. The molecule has 0 unspecified atom stereocenters. The first-order chi connectivity index (χ1) is 15.4. The van der Waals surface area contributed by atoms with Crippen molar-refractivity contribution in [3.8, 4) is 5.75 Å². The van der Waals surface area contributed by atoms with Crippen molar-refractivity contribution in [3.63, 3.8) is 0 Å². The molecule has 2 aromatic carbocycles. The van der Waals surface area contributed by atoms with Gasteiger partial charge in [0, 0.05) is 29.0 Å². The van der Waals surface area contributed by atoms with Crippen molar-refractivity contribution in [2.75, 3.05) is 5.32 Å². The Labute approximate surface area is 189 Å². The number of amides is 1. The van der Waals surface area contributed by atoms with Crippen molar-refractivity contribution in [1.82, 2.24) is 19.6 Å². The molecule has 0 saturated heterocycles. The van der Waals surface area contributed by atoms with Crippen molar-refractivity contribution in [2.45, 2.75) is 27.1 Å². The number of hydrogen-bond donors (Lipinski definition) is 1. The molecule has 0 aliphatic heterocycles. The van der Waals surface area contributed by atoms with E-state index in [1.54, 1.807) is 36.7 Å². The van der Waals surface area contributed by atoms with Gasteiger partial charge in [-0.05, 0) is 55.3 Å². The van der Waals surface area contributed by atoms with Crippen LogP contribution in [0.15, 0.2) is 60.9 Å². The number of carbonyl (C=O) groups excluding carboxylic acids is 1. The molecule has 0 saturated carbocycles. The predicted molar refractivity (Wildman–Crippen MR) is 119 cm³/mol. The first-order valence-electron chi connectivity index (χ1n) is 9.89.